The number of carbonyl (C=O) groups is 1. The van der Waals surface area contributed by atoms with Crippen molar-refractivity contribution in [3.63, 3.8) is 0 Å². The Balaban J connectivity index is 3.40. The van der Waals surface area contributed by atoms with Gasteiger partial charge in [-0.3, -0.25) is 4.79 Å². The fourth-order valence-corrected chi connectivity index (χ4v) is 0.891. The molecule has 0 rings (SSSR count). The van der Waals surface area contributed by atoms with Crippen LogP contribution in [-0.4, -0.2) is 25.2 Å². The predicted molar refractivity (Wildman–Crippen MR) is 44.4 cm³/mol. The van der Waals surface area contributed by atoms with Crippen LogP contribution in [0.15, 0.2) is 0 Å². The van der Waals surface area contributed by atoms with Crippen molar-refractivity contribution in [3.05, 3.63) is 0 Å². The highest BCUT2D eigenvalue weighted by Crippen LogP contribution is 1.92. The second-order valence-corrected chi connectivity index (χ2v) is 2.47. The van der Waals surface area contributed by atoms with Crippen molar-refractivity contribution < 1.29 is 9.53 Å². The number of nitrogens with one attached hydrogen (secondary N) is 1. The summed E-state index contributed by atoms with van der Waals surface area (Å²) < 4.78 is 4.78. The zero-order valence-electron chi connectivity index (χ0n) is 7.52. The van der Waals surface area contributed by atoms with Gasteiger partial charge < -0.3 is 10.1 Å². The molecule has 11 heavy (non-hydrogen) atoms. The van der Waals surface area contributed by atoms with E-state index in [1.807, 2.05) is 20.8 Å². The Hall–Kier alpha value is -0.570. The summed E-state index contributed by atoms with van der Waals surface area (Å²) in [6.45, 7) is 7.16. The highest BCUT2D eigenvalue weighted by atomic mass is 16.5. The van der Waals surface area contributed by atoms with Crippen LogP contribution in [0.5, 0.6) is 0 Å². The zero-order valence-corrected chi connectivity index (χ0v) is 7.52. The SMILES string of the molecule is CCNC(C)CC(=O)OCC. The van der Waals surface area contributed by atoms with Gasteiger partial charge in [0.2, 0.25) is 0 Å². The molecule has 0 bridgehead atoms. The summed E-state index contributed by atoms with van der Waals surface area (Å²) in [5.74, 6) is -0.124. The molecular weight excluding hydrogens is 142 g/mol. The van der Waals surface area contributed by atoms with Crippen LogP contribution in [0, 0.1) is 0 Å². The Kier molecular flexibility index (Phi) is 5.84. The molecule has 3 heteroatoms. The first-order valence-electron chi connectivity index (χ1n) is 4.09. The standard InChI is InChI=1S/C8H17NO2/c1-4-9-7(3)6-8(10)11-5-2/h7,9H,4-6H2,1-3H3. The van der Waals surface area contributed by atoms with Crippen LogP contribution in [0.4, 0.5) is 0 Å². The first-order valence-corrected chi connectivity index (χ1v) is 4.09. The van der Waals surface area contributed by atoms with Crippen LogP contribution in [-0.2, 0) is 9.53 Å². The molecule has 0 saturated heterocycles. The highest BCUT2D eigenvalue weighted by Gasteiger charge is 2.07. The maximum atomic E-state index is 10.9. The molecule has 0 aliphatic rings. The third kappa shape index (κ3) is 5.85. The van der Waals surface area contributed by atoms with E-state index in [-0.39, 0.29) is 12.0 Å². The van der Waals surface area contributed by atoms with E-state index in [4.69, 9.17) is 4.74 Å². The molecule has 0 aliphatic carbocycles. The topological polar surface area (TPSA) is 38.3 Å². The molecule has 0 aromatic carbocycles. The van der Waals surface area contributed by atoms with E-state index in [1.165, 1.54) is 0 Å². The molecule has 1 atom stereocenters. The Morgan fingerprint density at radius 3 is 2.64 bits per heavy atom. The van der Waals surface area contributed by atoms with Gasteiger partial charge in [-0.1, -0.05) is 6.92 Å². The lowest BCUT2D eigenvalue weighted by Gasteiger charge is -2.10. The molecule has 0 heterocycles. The van der Waals surface area contributed by atoms with E-state index in [2.05, 4.69) is 5.32 Å². The number of ether oxygens (including phenoxy) is 1. The van der Waals surface area contributed by atoms with Crippen LogP contribution in [0.1, 0.15) is 27.2 Å². The van der Waals surface area contributed by atoms with Gasteiger partial charge in [0.25, 0.3) is 0 Å². The second kappa shape index (κ2) is 6.16. The predicted octanol–water partition coefficient (Wildman–Crippen LogP) is 0.938. The first-order chi connectivity index (χ1) is 5.20. The van der Waals surface area contributed by atoms with Gasteiger partial charge in [0.15, 0.2) is 0 Å². The fraction of sp³-hybridized carbons (Fsp3) is 0.875. The highest BCUT2D eigenvalue weighted by molar-refractivity contribution is 5.69. The summed E-state index contributed by atoms with van der Waals surface area (Å²) in [4.78, 5) is 10.9. The minimum absolute atomic E-state index is 0.124. The normalized spacial score (nSPS) is 12.6. The van der Waals surface area contributed by atoms with E-state index in [1.54, 1.807) is 0 Å². The third-order valence-corrected chi connectivity index (χ3v) is 1.33. The number of esters is 1. The van der Waals surface area contributed by atoms with Gasteiger partial charge in [-0.25, -0.2) is 0 Å². The molecule has 0 spiro atoms. The molecule has 0 amide bonds. The lowest BCUT2D eigenvalue weighted by atomic mass is 10.2. The summed E-state index contributed by atoms with van der Waals surface area (Å²) in [6.07, 6.45) is 0.460. The lowest BCUT2D eigenvalue weighted by molar-refractivity contribution is -0.143. The molecule has 1 unspecified atom stereocenters. The molecule has 0 saturated carbocycles. The van der Waals surface area contributed by atoms with Crippen molar-refractivity contribution >= 4 is 5.97 Å². The number of rotatable bonds is 5. The lowest BCUT2D eigenvalue weighted by Crippen LogP contribution is -2.28. The first kappa shape index (κ1) is 10.4. The molecule has 0 aromatic heterocycles. The van der Waals surface area contributed by atoms with Crippen LogP contribution >= 0.6 is 0 Å². The molecule has 1 N–H and O–H groups in total. The molecule has 0 fully saturated rings. The van der Waals surface area contributed by atoms with Gasteiger partial charge in [0, 0.05) is 6.04 Å². The van der Waals surface area contributed by atoms with Crippen LogP contribution in [0.3, 0.4) is 0 Å². The third-order valence-electron chi connectivity index (χ3n) is 1.33. The molecular formula is C8H17NO2. The summed E-state index contributed by atoms with van der Waals surface area (Å²) in [5.41, 5.74) is 0. The van der Waals surface area contributed by atoms with E-state index in [0.717, 1.165) is 6.54 Å². The Labute approximate surface area is 68.1 Å². The summed E-state index contributed by atoms with van der Waals surface area (Å²) >= 11 is 0. The van der Waals surface area contributed by atoms with Crippen molar-refractivity contribution in [2.24, 2.45) is 0 Å². The molecule has 0 aromatic rings. The average molecular weight is 159 g/mol. The van der Waals surface area contributed by atoms with Crippen LogP contribution < -0.4 is 5.32 Å². The van der Waals surface area contributed by atoms with Crippen LogP contribution in [0.2, 0.25) is 0 Å². The van der Waals surface area contributed by atoms with E-state index < -0.39 is 0 Å². The quantitative estimate of drug-likeness (QED) is 0.607. The van der Waals surface area contributed by atoms with Gasteiger partial charge in [-0.15, -0.1) is 0 Å². The fourth-order valence-electron chi connectivity index (χ4n) is 0.891. The molecule has 0 radical (unpaired) electrons. The second-order valence-electron chi connectivity index (χ2n) is 2.47. The Morgan fingerprint density at radius 2 is 2.18 bits per heavy atom. The van der Waals surface area contributed by atoms with Gasteiger partial charge in [-0.05, 0) is 20.4 Å². The van der Waals surface area contributed by atoms with Crippen molar-refractivity contribution in [1.82, 2.24) is 5.32 Å². The summed E-state index contributed by atoms with van der Waals surface area (Å²) in [7, 11) is 0. The average Bonchev–Trinajstić information content (AvgIpc) is 1.87. The smallest absolute Gasteiger partial charge is 0.307 e. The van der Waals surface area contributed by atoms with Crippen molar-refractivity contribution in [3.8, 4) is 0 Å². The van der Waals surface area contributed by atoms with Gasteiger partial charge in [0.05, 0.1) is 13.0 Å². The van der Waals surface area contributed by atoms with Gasteiger partial charge >= 0.3 is 5.97 Å². The summed E-state index contributed by atoms with van der Waals surface area (Å²) in [5, 5.41) is 3.13. The minimum atomic E-state index is -0.124. The molecule has 66 valence electrons. The van der Waals surface area contributed by atoms with Crippen LogP contribution in [0.25, 0.3) is 0 Å². The van der Waals surface area contributed by atoms with E-state index in [0.29, 0.717) is 13.0 Å². The largest absolute Gasteiger partial charge is 0.466 e. The van der Waals surface area contributed by atoms with Gasteiger partial charge in [-0.2, -0.15) is 0 Å². The monoisotopic (exact) mass is 159 g/mol. The van der Waals surface area contributed by atoms with Crippen molar-refractivity contribution in [1.29, 1.82) is 0 Å². The van der Waals surface area contributed by atoms with E-state index >= 15 is 0 Å². The number of carbonyl (C=O) groups excluding carboxylic acids is 1. The van der Waals surface area contributed by atoms with E-state index in [9.17, 15) is 4.79 Å². The Morgan fingerprint density at radius 1 is 1.55 bits per heavy atom. The van der Waals surface area contributed by atoms with Crippen molar-refractivity contribution in [2.75, 3.05) is 13.2 Å². The van der Waals surface area contributed by atoms with Crippen molar-refractivity contribution in [2.45, 2.75) is 33.2 Å². The number of hydrogen-bond acceptors (Lipinski definition) is 3. The maximum absolute atomic E-state index is 10.9. The van der Waals surface area contributed by atoms with Gasteiger partial charge in [0.1, 0.15) is 0 Å². The number of hydrogen-bond donors (Lipinski definition) is 1. The minimum Gasteiger partial charge on any atom is -0.466 e. The summed E-state index contributed by atoms with van der Waals surface area (Å²) in [6, 6.07) is 0.221. The molecule has 0 aliphatic heterocycles. The maximum Gasteiger partial charge on any atom is 0.307 e. The Bertz CT molecular complexity index is 115. The molecule has 3 nitrogen and oxygen atoms in total. The zero-order chi connectivity index (χ0) is 8.69.